The maximum Gasteiger partial charge on any atom is 0.243 e. The van der Waals surface area contributed by atoms with Crippen LogP contribution in [0.1, 0.15) is 32.6 Å². The Labute approximate surface area is 177 Å². The lowest BCUT2D eigenvalue weighted by Gasteiger charge is -2.24. The molecule has 3 rings (SSSR count). The number of hydrogen-bond donors (Lipinski definition) is 2. The van der Waals surface area contributed by atoms with Crippen molar-refractivity contribution in [2.75, 3.05) is 20.1 Å². The molecule has 0 unspecified atom stereocenters. The molecule has 1 aromatic rings. The quantitative estimate of drug-likeness (QED) is 0.673. The first kappa shape index (κ1) is 21.8. The maximum absolute atomic E-state index is 13.0. The summed E-state index contributed by atoms with van der Waals surface area (Å²) in [5.74, 6) is 0.406. The van der Waals surface area contributed by atoms with Gasteiger partial charge >= 0.3 is 0 Å². The lowest BCUT2D eigenvalue weighted by Crippen LogP contribution is -2.48. The molecule has 1 saturated carbocycles. The van der Waals surface area contributed by atoms with Crippen molar-refractivity contribution < 1.29 is 13.2 Å². The number of likely N-dealkylation sites (N-methyl/N-ethyl adjacent to an activating group) is 1. The van der Waals surface area contributed by atoms with Gasteiger partial charge in [0.15, 0.2) is 0 Å². The van der Waals surface area contributed by atoms with Crippen molar-refractivity contribution in [3.8, 4) is 0 Å². The van der Waals surface area contributed by atoms with Crippen LogP contribution in [0.15, 0.2) is 23.1 Å². The summed E-state index contributed by atoms with van der Waals surface area (Å²) >= 11 is 11.9. The summed E-state index contributed by atoms with van der Waals surface area (Å²) in [5, 5.41) is 6.76. The van der Waals surface area contributed by atoms with Gasteiger partial charge in [0.2, 0.25) is 15.9 Å². The number of fused-ring (bicyclic) bond motifs is 1. The number of amides is 1. The second-order valence-corrected chi connectivity index (χ2v) is 10.4. The largest absolute Gasteiger partial charge is 0.352 e. The Balaban J connectivity index is 1.70. The highest BCUT2D eigenvalue weighted by Gasteiger charge is 2.47. The summed E-state index contributed by atoms with van der Waals surface area (Å²) in [6, 6.07) is 4.19. The van der Waals surface area contributed by atoms with E-state index in [1.165, 1.54) is 22.5 Å². The third-order valence-electron chi connectivity index (χ3n) is 5.92. The molecule has 0 radical (unpaired) electrons. The molecule has 4 atom stereocenters. The molecule has 1 heterocycles. The Morgan fingerprint density at radius 2 is 2.00 bits per heavy atom. The highest BCUT2D eigenvalue weighted by molar-refractivity contribution is 7.89. The van der Waals surface area contributed by atoms with Crippen LogP contribution in [0.3, 0.4) is 0 Å². The van der Waals surface area contributed by atoms with Gasteiger partial charge in [0.05, 0.1) is 21.0 Å². The van der Waals surface area contributed by atoms with E-state index < -0.39 is 10.0 Å². The highest BCUT2D eigenvalue weighted by Crippen LogP contribution is 2.40. The van der Waals surface area contributed by atoms with Gasteiger partial charge < -0.3 is 10.6 Å². The van der Waals surface area contributed by atoms with Gasteiger partial charge in [-0.25, -0.2) is 8.42 Å². The maximum atomic E-state index is 13.0. The first-order valence-electron chi connectivity index (χ1n) is 9.70. The molecular formula is C19H27Cl2N3O3S. The van der Waals surface area contributed by atoms with Crippen LogP contribution < -0.4 is 10.6 Å². The lowest BCUT2D eigenvalue weighted by atomic mass is 9.97. The number of nitrogens with zero attached hydrogens (tertiary/aromatic N) is 1. The van der Waals surface area contributed by atoms with Crippen molar-refractivity contribution in [2.45, 2.75) is 49.6 Å². The Bertz CT molecular complexity index is 834. The van der Waals surface area contributed by atoms with E-state index in [4.69, 9.17) is 23.2 Å². The molecule has 156 valence electrons. The molecule has 2 N–H and O–H groups in total. The minimum absolute atomic E-state index is 0.000732. The van der Waals surface area contributed by atoms with Gasteiger partial charge in [-0.2, -0.15) is 4.31 Å². The summed E-state index contributed by atoms with van der Waals surface area (Å²) in [6.45, 7) is 2.94. The minimum Gasteiger partial charge on any atom is -0.352 e. The summed E-state index contributed by atoms with van der Waals surface area (Å²) in [5.41, 5.74) is 0. The first-order valence-corrected chi connectivity index (χ1v) is 11.9. The van der Waals surface area contributed by atoms with Crippen LogP contribution in [0.4, 0.5) is 0 Å². The van der Waals surface area contributed by atoms with E-state index in [9.17, 15) is 13.2 Å². The number of sulfonamides is 1. The molecule has 0 aromatic heterocycles. The summed E-state index contributed by atoms with van der Waals surface area (Å²) < 4.78 is 27.6. The lowest BCUT2D eigenvalue weighted by molar-refractivity contribution is -0.124. The third-order valence-corrected chi connectivity index (χ3v) is 8.49. The molecule has 1 aliphatic carbocycles. The van der Waals surface area contributed by atoms with Gasteiger partial charge in [0.25, 0.3) is 0 Å². The van der Waals surface area contributed by atoms with Gasteiger partial charge in [-0.15, -0.1) is 0 Å². The van der Waals surface area contributed by atoms with Crippen molar-refractivity contribution in [2.24, 2.45) is 11.8 Å². The number of hydrogen-bond acceptors (Lipinski definition) is 4. The highest BCUT2D eigenvalue weighted by atomic mass is 35.5. The van der Waals surface area contributed by atoms with Gasteiger partial charge in [-0.3, -0.25) is 4.79 Å². The molecule has 1 aromatic carbocycles. The Kier molecular flexibility index (Phi) is 6.92. The summed E-state index contributed by atoms with van der Waals surface area (Å²) in [4.78, 5) is 12.7. The Morgan fingerprint density at radius 3 is 2.64 bits per heavy atom. The van der Waals surface area contributed by atoms with E-state index in [-0.39, 0.29) is 39.7 Å². The van der Waals surface area contributed by atoms with E-state index in [0.717, 1.165) is 25.7 Å². The van der Waals surface area contributed by atoms with Crippen molar-refractivity contribution >= 4 is 39.1 Å². The minimum atomic E-state index is -3.64. The fourth-order valence-corrected chi connectivity index (χ4v) is 6.29. The first-order chi connectivity index (χ1) is 13.3. The number of nitrogens with one attached hydrogen (secondary N) is 2. The smallest absolute Gasteiger partial charge is 0.243 e. The van der Waals surface area contributed by atoms with E-state index in [1.54, 1.807) is 7.05 Å². The molecule has 1 saturated heterocycles. The third kappa shape index (κ3) is 4.33. The molecule has 1 aliphatic heterocycles. The monoisotopic (exact) mass is 447 g/mol. The van der Waals surface area contributed by atoms with Crippen molar-refractivity contribution in [1.29, 1.82) is 0 Å². The zero-order valence-electron chi connectivity index (χ0n) is 16.1. The number of carbonyl (C=O) groups is 1. The molecule has 2 fully saturated rings. The predicted molar refractivity (Wildman–Crippen MR) is 111 cm³/mol. The molecule has 0 spiro atoms. The number of carbonyl (C=O) groups excluding carboxylic acids is 1. The molecule has 6 nitrogen and oxygen atoms in total. The second kappa shape index (κ2) is 8.88. The predicted octanol–water partition coefficient (Wildman–Crippen LogP) is 2.90. The number of rotatable bonds is 7. The van der Waals surface area contributed by atoms with Crippen molar-refractivity contribution in [3.05, 3.63) is 28.2 Å². The Morgan fingerprint density at radius 1 is 1.25 bits per heavy atom. The van der Waals surface area contributed by atoms with Gasteiger partial charge in [0, 0.05) is 19.1 Å². The van der Waals surface area contributed by atoms with E-state index >= 15 is 0 Å². The average molecular weight is 448 g/mol. The van der Waals surface area contributed by atoms with Crippen LogP contribution in [0, 0.1) is 11.8 Å². The van der Waals surface area contributed by atoms with E-state index in [0.29, 0.717) is 18.1 Å². The van der Waals surface area contributed by atoms with Crippen molar-refractivity contribution in [1.82, 2.24) is 14.9 Å². The molecule has 28 heavy (non-hydrogen) atoms. The molecule has 1 amide bonds. The molecule has 2 aliphatic rings. The van der Waals surface area contributed by atoms with E-state index in [2.05, 4.69) is 10.6 Å². The van der Waals surface area contributed by atoms with Gasteiger partial charge in [0.1, 0.15) is 0 Å². The SMILES string of the molecule is CCC[C@H](NC)C(=O)N[C@H]1CC[C@@H]2CN(S(=O)(=O)c3ccc(Cl)c(Cl)c3)C[C@@H]21. The summed E-state index contributed by atoms with van der Waals surface area (Å²) in [7, 11) is -1.85. The number of benzene rings is 1. The van der Waals surface area contributed by atoms with Crippen LogP contribution in [0.25, 0.3) is 0 Å². The molecule has 0 bridgehead atoms. The van der Waals surface area contributed by atoms with Crippen LogP contribution in [0.2, 0.25) is 10.0 Å². The standard InChI is InChI=1S/C19H27Cl2N3O3S/c1-3-4-18(22-2)19(25)23-17-8-5-12-10-24(11-14(12)17)28(26,27)13-6-7-15(20)16(21)9-13/h6-7,9,12,14,17-18,22H,3-5,8,10-11H2,1-2H3,(H,23,25)/t12-,14+,17+,18+/m1/s1. The molecular weight excluding hydrogens is 421 g/mol. The van der Waals surface area contributed by atoms with Crippen LogP contribution in [-0.2, 0) is 14.8 Å². The number of halogens is 2. The fourth-order valence-electron chi connectivity index (χ4n) is 4.36. The van der Waals surface area contributed by atoms with Crippen molar-refractivity contribution in [3.63, 3.8) is 0 Å². The van der Waals surface area contributed by atoms with E-state index in [1.807, 2.05) is 6.92 Å². The second-order valence-electron chi connectivity index (χ2n) is 7.64. The molecule has 9 heteroatoms. The fraction of sp³-hybridized carbons (Fsp3) is 0.632. The van der Waals surface area contributed by atoms with Crippen LogP contribution in [-0.4, -0.2) is 50.9 Å². The summed E-state index contributed by atoms with van der Waals surface area (Å²) in [6.07, 6.45) is 3.51. The normalized spacial score (nSPS) is 26.2. The average Bonchev–Trinajstić information content (AvgIpc) is 3.24. The zero-order chi connectivity index (χ0) is 20.5. The van der Waals surface area contributed by atoms with Crippen LogP contribution >= 0.6 is 23.2 Å². The zero-order valence-corrected chi connectivity index (χ0v) is 18.4. The van der Waals surface area contributed by atoms with Gasteiger partial charge in [-0.1, -0.05) is 36.5 Å². The van der Waals surface area contributed by atoms with Gasteiger partial charge in [-0.05, 0) is 56.3 Å². The topological polar surface area (TPSA) is 78.5 Å². The van der Waals surface area contributed by atoms with Crippen LogP contribution in [0.5, 0.6) is 0 Å². The Hall–Kier alpha value is -0.860.